The predicted molar refractivity (Wildman–Crippen MR) is 90.9 cm³/mol. The number of aryl methyl sites for hydroxylation is 1. The van der Waals surface area contributed by atoms with E-state index in [9.17, 15) is 4.79 Å². The van der Waals surface area contributed by atoms with Crippen LogP contribution in [0, 0.1) is 6.92 Å². The molecule has 0 aliphatic carbocycles. The summed E-state index contributed by atoms with van der Waals surface area (Å²) in [6, 6.07) is 5.40. The van der Waals surface area contributed by atoms with Gasteiger partial charge in [0.1, 0.15) is 0 Å². The number of carbonyl (C=O) groups is 1. The zero-order valence-corrected chi connectivity index (χ0v) is 13.8. The quantitative estimate of drug-likeness (QED) is 0.457. The maximum atomic E-state index is 11.7. The molecule has 0 amide bonds. The minimum atomic E-state index is -0.299. The van der Waals surface area contributed by atoms with Gasteiger partial charge in [-0.1, -0.05) is 19.8 Å². The molecule has 21 heavy (non-hydrogen) atoms. The third kappa shape index (κ3) is 6.12. The molecular formula is C16H24N2O2S. The Morgan fingerprint density at radius 3 is 2.67 bits per heavy atom. The highest BCUT2D eigenvalue weighted by molar-refractivity contribution is 7.80. The average Bonchev–Trinajstić information content (AvgIpc) is 2.46. The van der Waals surface area contributed by atoms with Crippen LogP contribution in [0.3, 0.4) is 0 Å². The van der Waals surface area contributed by atoms with Gasteiger partial charge in [-0.25, -0.2) is 4.79 Å². The van der Waals surface area contributed by atoms with Crippen LogP contribution in [0.5, 0.6) is 0 Å². The number of unbranched alkanes of at least 4 members (excludes halogenated alkanes) is 2. The van der Waals surface area contributed by atoms with E-state index in [1.54, 1.807) is 19.1 Å². The van der Waals surface area contributed by atoms with Crippen LogP contribution in [0.1, 0.15) is 49.0 Å². The summed E-state index contributed by atoms with van der Waals surface area (Å²) in [4.78, 5) is 11.7. The summed E-state index contributed by atoms with van der Waals surface area (Å²) in [5, 5.41) is 6.94. The van der Waals surface area contributed by atoms with Crippen molar-refractivity contribution in [2.75, 3.05) is 18.5 Å². The van der Waals surface area contributed by atoms with Gasteiger partial charge >= 0.3 is 5.97 Å². The van der Waals surface area contributed by atoms with Gasteiger partial charge in [-0.3, -0.25) is 0 Å². The first kappa shape index (κ1) is 17.4. The Labute approximate surface area is 132 Å². The SMILES string of the molecule is CCCCCNC(=S)Nc1ccc(C(=O)OCC)cc1C. The van der Waals surface area contributed by atoms with Crippen LogP contribution in [0.25, 0.3) is 0 Å². The lowest BCUT2D eigenvalue weighted by atomic mass is 10.1. The molecule has 0 aliphatic heterocycles. The molecule has 1 aromatic rings. The topological polar surface area (TPSA) is 50.4 Å². The van der Waals surface area contributed by atoms with Crippen molar-refractivity contribution in [3.63, 3.8) is 0 Å². The highest BCUT2D eigenvalue weighted by Crippen LogP contribution is 2.17. The Bertz CT molecular complexity index is 489. The van der Waals surface area contributed by atoms with Crippen LogP contribution in [0.2, 0.25) is 0 Å². The van der Waals surface area contributed by atoms with Gasteiger partial charge in [-0.2, -0.15) is 0 Å². The average molecular weight is 308 g/mol. The molecule has 0 bridgehead atoms. The summed E-state index contributed by atoms with van der Waals surface area (Å²) in [7, 11) is 0. The molecule has 0 radical (unpaired) electrons. The van der Waals surface area contributed by atoms with Crippen LogP contribution in [-0.2, 0) is 4.74 Å². The highest BCUT2D eigenvalue weighted by Gasteiger charge is 2.09. The van der Waals surface area contributed by atoms with Gasteiger partial charge < -0.3 is 15.4 Å². The molecule has 4 nitrogen and oxygen atoms in total. The van der Waals surface area contributed by atoms with Crippen LogP contribution in [0.4, 0.5) is 5.69 Å². The van der Waals surface area contributed by atoms with E-state index in [0.29, 0.717) is 17.3 Å². The molecule has 0 spiro atoms. The van der Waals surface area contributed by atoms with Gasteiger partial charge in [0.2, 0.25) is 0 Å². The number of hydrogen-bond acceptors (Lipinski definition) is 3. The lowest BCUT2D eigenvalue weighted by molar-refractivity contribution is 0.0526. The lowest BCUT2D eigenvalue weighted by Gasteiger charge is -2.13. The molecule has 0 saturated heterocycles. The van der Waals surface area contributed by atoms with Crippen molar-refractivity contribution in [3.05, 3.63) is 29.3 Å². The Balaban J connectivity index is 2.56. The van der Waals surface area contributed by atoms with Crippen molar-refractivity contribution in [1.29, 1.82) is 0 Å². The Morgan fingerprint density at radius 2 is 2.05 bits per heavy atom. The second kappa shape index (κ2) is 9.34. The molecule has 0 atom stereocenters. The number of rotatable bonds is 7. The number of carbonyl (C=O) groups excluding carboxylic acids is 1. The van der Waals surface area contributed by atoms with Crippen LogP contribution < -0.4 is 10.6 Å². The minimum Gasteiger partial charge on any atom is -0.462 e. The number of benzene rings is 1. The highest BCUT2D eigenvalue weighted by atomic mass is 32.1. The number of thiocarbonyl (C=S) groups is 1. The van der Waals surface area contributed by atoms with E-state index >= 15 is 0 Å². The van der Waals surface area contributed by atoms with Gasteiger partial charge in [0.05, 0.1) is 12.2 Å². The summed E-state index contributed by atoms with van der Waals surface area (Å²) in [5.74, 6) is -0.299. The largest absolute Gasteiger partial charge is 0.462 e. The monoisotopic (exact) mass is 308 g/mol. The van der Waals surface area contributed by atoms with E-state index in [4.69, 9.17) is 17.0 Å². The second-order valence-electron chi connectivity index (χ2n) is 4.84. The molecule has 5 heteroatoms. The molecule has 1 aromatic carbocycles. The fraction of sp³-hybridized carbons (Fsp3) is 0.500. The van der Waals surface area contributed by atoms with E-state index in [-0.39, 0.29) is 5.97 Å². The van der Waals surface area contributed by atoms with Crippen molar-refractivity contribution >= 4 is 29.0 Å². The van der Waals surface area contributed by atoms with Gasteiger partial charge in [-0.15, -0.1) is 0 Å². The summed E-state index contributed by atoms with van der Waals surface area (Å²) in [6.45, 7) is 7.16. The standard InChI is InChI=1S/C16H24N2O2S/c1-4-6-7-10-17-16(21)18-14-9-8-13(11-12(14)3)15(19)20-5-2/h8-9,11H,4-7,10H2,1-3H3,(H2,17,18,21). The molecule has 0 aliphatic rings. The van der Waals surface area contributed by atoms with Gasteiger partial charge in [0.15, 0.2) is 5.11 Å². The van der Waals surface area contributed by atoms with E-state index in [2.05, 4.69) is 17.6 Å². The number of ether oxygens (including phenoxy) is 1. The van der Waals surface area contributed by atoms with Gasteiger partial charge in [0, 0.05) is 12.2 Å². The molecule has 0 unspecified atom stereocenters. The first-order valence-corrected chi connectivity index (χ1v) is 7.82. The summed E-state index contributed by atoms with van der Waals surface area (Å²) in [5.41, 5.74) is 2.41. The maximum Gasteiger partial charge on any atom is 0.338 e. The lowest BCUT2D eigenvalue weighted by Crippen LogP contribution is -2.29. The van der Waals surface area contributed by atoms with Crippen molar-refractivity contribution in [2.24, 2.45) is 0 Å². The molecule has 1 rings (SSSR count). The number of esters is 1. The zero-order valence-electron chi connectivity index (χ0n) is 13.0. The number of nitrogens with one attached hydrogen (secondary N) is 2. The fourth-order valence-electron chi connectivity index (χ4n) is 1.89. The second-order valence-corrected chi connectivity index (χ2v) is 5.25. The predicted octanol–water partition coefficient (Wildman–Crippen LogP) is 3.65. The maximum absolute atomic E-state index is 11.7. The Morgan fingerprint density at radius 1 is 1.29 bits per heavy atom. The van der Waals surface area contributed by atoms with Crippen molar-refractivity contribution in [3.8, 4) is 0 Å². The van der Waals surface area contributed by atoms with Crippen molar-refractivity contribution < 1.29 is 9.53 Å². The summed E-state index contributed by atoms with van der Waals surface area (Å²) in [6.07, 6.45) is 3.50. The van der Waals surface area contributed by atoms with Crippen LogP contribution >= 0.6 is 12.2 Å². The Hall–Kier alpha value is -1.62. The van der Waals surface area contributed by atoms with E-state index in [1.807, 2.05) is 13.0 Å². The van der Waals surface area contributed by atoms with Crippen molar-refractivity contribution in [2.45, 2.75) is 40.0 Å². The Kier molecular flexibility index (Phi) is 7.75. The van der Waals surface area contributed by atoms with Crippen LogP contribution in [0.15, 0.2) is 18.2 Å². The van der Waals surface area contributed by atoms with Crippen molar-refractivity contribution in [1.82, 2.24) is 5.32 Å². The van der Waals surface area contributed by atoms with E-state index < -0.39 is 0 Å². The van der Waals surface area contributed by atoms with Gasteiger partial charge in [-0.05, 0) is 56.2 Å². The summed E-state index contributed by atoms with van der Waals surface area (Å²) < 4.78 is 4.98. The molecule has 0 saturated carbocycles. The molecule has 2 N–H and O–H groups in total. The normalized spacial score (nSPS) is 10.0. The smallest absolute Gasteiger partial charge is 0.338 e. The first-order chi connectivity index (χ1) is 10.1. The molecular weight excluding hydrogens is 284 g/mol. The molecule has 116 valence electrons. The molecule has 0 aromatic heterocycles. The van der Waals surface area contributed by atoms with Crippen LogP contribution in [-0.4, -0.2) is 24.2 Å². The van der Waals surface area contributed by atoms with E-state index in [1.165, 1.54) is 12.8 Å². The molecule has 0 heterocycles. The minimum absolute atomic E-state index is 0.299. The fourth-order valence-corrected chi connectivity index (χ4v) is 2.10. The summed E-state index contributed by atoms with van der Waals surface area (Å²) >= 11 is 5.26. The number of anilines is 1. The zero-order chi connectivity index (χ0) is 15.7. The molecule has 0 fully saturated rings. The first-order valence-electron chi connectivity index (χ1n) is 7.41. The third-order valence-corrected chi connectivity index (χ3v) is 3.30. The number of hydrogen-bond donors (Lipinski definition) is 2. The van der Waals surface area contributed by atoms with E-state index in [0.717, 1.165) is 24.2 Å². The van der Waals surface area contributed by atoms with Gasteiger partial charge in [0.25, 0.3) is 0 Å². The third-order valence-electron chi connectivity index (χ3n) is 3.05.